The molecule has 0 saturated carbocycles. The SMILES string of the molecule is COc1cc(S(=O)(=O)Nc2ccc(Cl)cc2)ccc1NC(=S)NC(C)C. The molecule has 9 heteroatoms. The van der Waals surface area contributed by atoms with E-state index < -0.39 is 10.0 Å². The number of sulfonamides is 1. The number of thiocarbonyl (C=S) groups is 1. The normalized spacial score (nSPS) is 11.1. The number of rotatable bonds is 6. The van der Waals surface area contributed by atoms with Crippen LogP contribution in [0.1, 0.15) is 13.8 Å². The van der Waals surface area contributed by atoms with E-state index in [1.807, 2.05) is 13.8 Å². The number of hydrogen-bond donors (Lipinski definition) is 3. The summed E-state index contributed by atoms with van der Waals surface area (Å²) in [6.07, 6.45) is 0. The Balaban J connectivity index is 2.24. The Morgan fingerprint density at radius 2 is 1.81 bits per heavy atom. The lowest BCUT2D eigenvalue weighted by Gasteiger charge is -2.16. The summed E-state index contributed by atoms with van der Waals surface area (Å²) in [5.41, 5.74) is 0.981. The highest BCUT2D eigenvalue weighted by Gasteiger charge is 2.17. The fourth-order valence-corrected chi connectivity index (χ4v) is 3.64. The summed E-state index contributed by atoms with van der Waals surface area (Å²) in [5, 5.41) is 6.99. The highest BCUT2D eigenvalue weighted by Crippen LogP contribution is 2.28. The van der Waals surface area contributed by atoms with Crippen molar-refractivity contribution in [3.63, 3.8) is 0 Å². The lowest BCUT2D eigenvalue weighted by Crippen LogP contribution is -2.34. The van der Waals surface area contributed by atoms with Crippen LogP contribution in [0.3, 0.4) is 0 Å². The van der Waals surface area contributed by atoms with Gasteiger partial charge in [-0.25, -0.2) is 8.42 Å². The maximum atomic E-state index is 12.6. The van der Waals surface area contributed by atoms with Gasteiger partial charge in [0.2, 0.25) is 0 Å². The average molecular weight is 414 g/mol. The van der Waals surface area contributed by atoms with E-state index in [9.17, 15) is 8.42 Å². The van der Waals surface area contributed by atoms with Crippen LogP contribution in [0.25, 0.3) is 0 Å². The van der Waals surface area contributed by atoms with Crippen molar-refractivity contribution in [2.24, 2.45) is 0 Å². The highest BCUT2D eigenvalue weighted by molar-refractivity contribution is 7.92. The van der Waals surface area contributed by atoms with Crippen molar-refractivity contribution in [3.8, 4) is 5.75 Å². The molecule has 3 N–H and O–H groups in total. The van der Waals surface area contributed by atoms with Crippen molar-refractivity contribution in [1.29, 1.82) is 0 Å². The van der Waals surface area contributed by atoms with Crippen LogP contribution in [0.5, 0.6) is 5.75 Å². The van der Waals surface area contributed by atoms with Gasteiger partial charge in [0.15, 0.2) is 5.11 Å². The molecular formula is C17H20ClN3O3S2. The molecule has 0 bridgehead atoms. The predicted molar refractivity (Wildman–Crippen MR) is 110 cm³/mol. The minimum Gasteiger partial charge on any atom is -0.495 e. The maximum absolute atomic E-state index is 12.6. The van der Waals surface area contributed by atoms with E-state index in [1.165, 1.54) is 19.2 Å². The Bertz CT molecular complexity index is 885. The van der Waals surface area contributed by atoms with Gasteiger partial charge in [0.25, 0.3) is 10.0 Å². The summed E-state index contributed by atoms with van der Waals surface area (Å²) >= 11 is 11.0. The van der Waals surface area contributed by atoms with Crippen molar-refractivity contribution >= 4 is 50.3 Å². The third kappa shape index (κ3) is 5.48. The summed E-state index contributed by atoms with van der Waals surface area (Å²) in [6, 6.07) is 11.1. The molecule has 6 nitrogen and oxygen atoms in total. The zero-order valence-corrected chi connectivity index (χ0v) is 16.9. The molecule has 0 radical (unpaired) electrons. The van der Waals surface area contributed by atoms with Gasteiger partial charge in [0, 0.05) is 22.8 Å². The van der Waals surface area contributed by atoms with Gasteiger partial charge >= 0.3 is 0 Å². The first-order chi connectivity index (χ1) is 12.2. The highest BCUT2D eigenvalue weighted by atomic mass is 35.5. The molecule has 2 rings (SSSR count). The van der Waals surface area contributed by atoms with Crippen LogP contribution in [0.4, 0.5) is 11.4 Å². The smallest absolute Gasteiger partial charge is 0.262 e. The van der Waals surface area contributed by atoms with E-state index in [0.717, 1.165) is 0 Å². The topological polar surface area (TPSA) is 79.5 Å². The number of hydrogen-bond acceptors (Lipinski definition) is 4. The van der Waals surface area contributed by atoms with Gasteiger partial charge in [-0.05, 0) is 62.5 Å². The van der Waals surface area contributed by atoms with E-state index >= 15 is 0 Å². The molecule has 0 spiro atoms. The van der Waals surface area contributed by atoms with Crippen LogP contribution in [-0.2, 0) is 10.0 Å². The van der Waals surface area contributed by atoms with Crippen molar-refractivity contribution in [1.82, 2.24) is 5.32 Å². The number of anilines is 2. The van der Waals surface area contributed by atoms with Gasteiger partial charge in [-0.15, -0.1) is 0 Å². The molecule has 0 atom stereocenters. The van der Waals surface area contributed by atoms with Crippen LogP contribution in [-0.4, -0.2) is 26.7 Å². The zero-order chi connectivity index (χ0) is 19.3. The number of halogens is 1. The van der Waals surface area contributed by atoms with Gasteiger partial charge in [-0.2, -0.15) is 0 Å². The molecule has 0 saturated heterocycles. The van der Waals surface area contributed by atoms with Crippen molar-refractivity contribution in [2.45, 2.75) is 24.8 Å². The van der Waals surface area contributed by atoms with Gasteiger partial charge in [-0.3, -0.25) is 4.72 Å². The largest absolute Gasteiger partial charge is 0.495 e. The van der Waals surface area contributed by atoms with Gasteiger partial charge in [0.05, 0.1) is 17.7 Å². The molecule has 0 aliphatic carbocycles. The minimum atomic E-state index is -3.77. The molecule has 0 fully saturated rings. The Hall–Kier alpha value is -2.03. The quantitative estimate of drug-likeness (QED) is 0.624. The van der Waals surface area contributed by atoms with Gasteiger partial charge in [-0.1, -0.05) is 11.6 Å². The second-order valence-corrected chi connectivity index (χ2v) is 8.25. The lowest BCUT2D eigenvalue weighted by atomic mass is 10.3. The van der Waals surface area contributed by atoms with Crippen molar-refractivity contribution < 1.29 is 13.2 Å². The van der Waals surface area contributed by atoms with Crippen LogP contribution in [0, 0.1) is 0 Å². The summed E-state index contributed by atoms with van der Waals surface area (Å²) in [7, 11) is -2.31. The Kier molecular flexibility index (Phi) is 6.69. The fraction of sp³-hybridized carbons (Fsp3) is 0.235. The summed E-state index contributed by atoms with van der Waals surface area (Å²) in [5.74, 6) is 0.358. The Morgan fingerprint density at radius 1 is 1.15 bits per heavy atom. The van der Waals surface area contributed by atoms with E-state index in [0.29, 0.717) is 27.3 Å². The lowest BCUT2D eigenvalue weighted by molar-refractivity contribution is 0.415. The first kappa shape index (κ1) is 20.3. The number of nitrogens with one attached hydrogen (secondary N) is 3. The van der Waals surface area contributed by atoms with E-state index in [1.54, 1.807) is 30.3 Å². The van der Waals surface area contributed by atoms with Gasteiger partial charge in [0.1, 0.15) is 5.75 Å². The van der Waals surface area contributed by atoms with E-state index in [-0.39, 0.29) is 10.9 Å². The summed E-state index contributed by atoms with van der Waals surface area (Å²) < 4.78 is 32.9. The standard InChI is InChI=1S/C17H20ClN3O3S2/c1-11(2)19-17(25)20-15-9-8-14(10-16(15)24-3)26(22,23)21-13-6-4-12(18)5-7-13/h4-11,21H,1-3H3,(H2,19,20,25). The minimum absolute atomic E-state index is 0.0672. The first-order valence-electron chi connectivity index (χ1n) is 7.75. The average Bonchev–Trinajstić information content (AvgIpc) is 2.56. The van der Waals surface area contributed by atoms with Crippen LogP contribution < -0.4 is 20.1 Å². The molecular weight excluding hydrogens is 394 g/mol. The molecule has 2 aromatic rings. The number of ether oxygens (including phenoxy) is 1. The molecule has 0 aromatic heterocycles. The van der Waals surface area contributed by atoms with E-state index in [2.05, 4.69) is 15.4 Å². The van der Waals surface area contributed by atoms with Crippen molar-refractivity contribution in [2.75, 3.05) is 17.1 Å². The monoisotopic (exact) mass is 413 g/mol. The summed E-state index contributed by atoms with van der Waals surface area (Å²) in [4.78, 5) is 0.0672. The number of benzene rings is 2. The van der Waals surface area contributed by atoms with E-state index in [4.69, 9.17) is 28.6 Å². The molecule has 26 heavy (non-hydrogen) atoms. The second kappa shape index (κ2) is 8.57. The van der Waals surface area contributed by atoms with Crippen LogP contribution in [0.2, 0.25) is 5.02 Å². The van der Waals surface area contributed by atoms with Crippen LogP contribution >= 0.6 is 23.8 Å². The molecule has 2 aromatic carbocycles. The molecule has 0 amide bonds. The predicted octanol–water partition coefficient (Wildman–Crippen LogP) is 3.84. The third-order valence-corrected chi connectivity index (χ3v) is 5.10. The second-order valence-electron chi connectivity index (χ2n) is 5.73. The maximum Gasteiger partial charge on any atom is 0.262 e. The molecule has 0 unspecified atom stereocenters. The molecule has 0 aliphatic rings. The molecule has 140 valence electrons. The van der Waals surface area contributed by atoms with Crippen molar-refractivity contribution in [3.05, 3.63) is 47.5 Å². The molecule has 0 heterocycles. The Labute approximate surface area is 163 Å². The third-order valence-electron chi connectivity index (χ3n) is 3.25. The van der Waals surface area contributed by atoms with Crippen LogP contribution in [0.15, 0.2) is 47.4 Å². The summed E-state index contributed by atoms with van der Waals surface area (Å²) in [6.45, 7) is 3.92. The number of methoxy groups -OCH3 is 1. The van der Waals surface area contributed by atoms with Gasteiger partial charge < -0.3 is 15.4 Å². The Morgan fingerprint density at radius 3 is 2.38 bits per heavy atom. The molecule has 0 aliphatic heterocycles. The zero-order valence-electron chi connectivity index (χ0n) is 14.5. The fourth-order valence-electron chi connectivity index (χ4n) is 2.09. The first-order valence-corrected chi connectivity index (χ1v) is 10.0.